The molecule has 0 aliphatic rings. The average molecular weight is 276 g/mol. The molecule has 1 unspecified atom stereocenters. The maximum Gasteiger partial charge on any atom is 0.335 e. The van der Waals surface area contributed by atoms with E-state index in [0.29, 0.717) is 5.56 Å². The minimum absolute atomic E-state index is 0.161. The van der Waals surface area contributed by atoms with Gasteiger partial charge in [0.05, 0.1) is 11.6 Å². The molecule has 0 fully saturated rings. The topological polar surface area (TPSA) is 62.2 Å². The van der Waals surface area contributed by atoms with Gasteiger partial charge >= 0.3 is 5.97 Å². The van der Waals surface area contributed by atoms with Crippen molar-refractivity contribution in [1.29, 1.82) is 0 Å². The Labute approximate surface area is 116 Å². The standard InChI is InChI=1S/C14H16N2O2S/c1-3-11(13-15-6-7-19-13)16-12-5-4-10(14(17)18)8-9(12)2/h4-8,11,16H,3H2,1-2H3,(H,17,18). The Hall–Kier alpha value is -1.88. The van der Waals surface area contributed by atoms with Crippen LogP contribution in [-0.4, -0.2) is 16.1 Å². The summed E-state index contributed by atoms with van der Waals surface area (Å²) < 4.78 is 0. The molecular formula is C14H16N2O2S. The number of benzene rings is 1. The van der Waals surface area contributed by atoms with Gasteiger partial charge in [-0.1, -0.05) is 6.92 Å². The molecule has 1 atom stereocenters. The zero-order valence-corrected chi connectivity index (χ0v) is 11.7. The lowest BCUT2D eigenvalue weighted by Gasteiger charge is -2.17. The van der Waals surface area contributed by atoms with Crippen LogP contribution in [0.1, 0.15) is 40.3 Å². The summed E-state index contributed by atoms with van der Waals surface area (Å²) in [5.41, 5.74) is 2.19. The van der Waals surface area contributed by atoms with Gasteiger partial charge in [-0.05, 0) is 37.1 Å². The number of nitrogens with zero attached hydrogens (tertiary/aromatic N) is 1. The fraction of sp³-hybridized carbons (Fsp3) is 0.286. The first-order chi connectivity index (χ1) is 9.11. The van der Waals surface area contributed by atoms with E-state index in [0.717, 1.165) is 22.7 Å². The van der Waals surface area contributed by atoms with Gasteiger partial charge in [0, 0.05) is 17.3 Å². The molecule has 0 amide bonds. The van der Waals surface area contributed by atoms with Crippen molar-refractivity contribution in [2.24, 2.45) is 0 Å². The SMILES string of the molecule is CCC(Nc1ccc(C(=O)O)cc1C)c1nccs1. The van der Waals surface area contributed by atoms with Crippen LogP contribution < -0.4 is 5.32 Å². The molecule has 19 heavy (non-hydrogen) atoms. The van der Waals surface area contributed by atoms with E-state index >= 15 is 0 Å². The van der Waals surface area contributed by atoms with Gasteiger partial charge in [0.25, 0.3) is 0 Å². The number of nitrogens with one attached hydrogen (secondary N) is 1. The largest absolute Gasteiger partial charge is 0.478 e. The van der Waals surface area contributed by atoms with E-state index in [1.54, 1.807) is 29.7 Å². The van der Waals surface area contributed by atoms with Crippen LogP contribution in [0, 0.1) is 6.92 Å². The molecule has 2 aromatic rings. The van der Waals surface area contributed by atoms with E-state index in [4.69, 9.17) is 5.11 Å². The molecule has 1 aromatic heterocycles. The first-order valence-electron chi connectivity index (χ1n) is 6.11. The molecule has 0 spiro atoms. The third-order valence-corrected chi connectivity index (χ3v) is 3.85. The average Bonchev–Trinajstić information content (AvgIpc) is 2.91. The molecule has 2 rings (SSSR count). The first-order valence-corrected chi connectivity index (χ1v) is 6.99. The number of hydrogen-bond donors (Lipinski definition) is 2. The molecule has 0 saturated carbocycles. The molecule has 0 aliphatic carbocycles. The van der Waals surface area contributed by atoms with Gasteiger partial charge in [-0.3, -0.25) is 0 Å². The number of aromatic nitrogens is 1. The molecule has 1 aromatic carbocycles. The Balaban J connectivity index is 2.21. The van der Waals surface area contributed by atoms with E-state index < -0.39 is 5.97 Å². The minimum atomic E-state index is -0.901. The van der Waals surface area contributed by atoms with Crippen molar-refractivity contribution >= 4 is 23.0 Å². The third-order valence-electron chi connectivity index (χ3n) is 2.96. The number of aryl methyl sites for hydroxylation is 1. The van der Waals surface area contributed by atoms with Gasteiger partial charge in [0.2, 0.25) is 0 Å². The Morgan fingerprint density at radius 2 is 2.32 bits per heavy atom. The number of thiazole rings is 1. The monoisotopic (exact) mass is 276 g/mol. The number of carbonyl (C=O) groups is 1. The number of carboxylic acids is 1. The fourth-order valence-corrected chi connectivity index (χ4v) is 2.66. The molecule has 5 heteroatoms. The summed E-state index contributed by atoms with van der Waals surface area (Å²) in [6.07, 6.45) is 2.72. The number of anilines is 1. The first kappa shape index (κ1) is 13.5. The van der Waals surface area contributed by atoms with E-state index in [-0.39, 0.29) is 6.04 Å². The zero-order chi connectivity index (χ0) is 13.8. The van der Waals surface area contributed by atoms with Crippen molar-refractivity contribution in [3.05, 3.63) is 45.9 Å². The van der Waals surface area contributed by atoms with Crippen LogP contribution in [0.5, 0.6) is 0 Å². The van der Waals surface area contributed by atoms with Gasteiger partial charge in [-0.2, -0.15) is 0 Å². The molecule has 4 nitrogen and oxygen atoms in total. The Kier molecular flexibility index (Phi) is 4.16. The fourth-order valence-electron chi connectivity index (χ4n) is 1.89. The maximum atomic E-state index is 10.9. The molecule has 1 heterocycles. The molecule has 0 saturated heterocycles. The molecule has 100 valence electrons. The van der Waals surface area contributed by atoms with Crippen molar-refractivity contribution in [2.45, 2.75) is 26.3 Å². The van der Waals surface area contributed by atoms with Crippen LogP contribution >= 0.6 is 11.3 Å². The number of carboxylic acid groups (broad SMARTS) is 1. The van der Waals surface area contributed by atoms with Crippen LogP contribution in [0.25, 0.3) is 0 Å². The highest BCUT2D eigenvalue weighted by molar-refractivity contribution is 7.09. The van der Waals surface area contributed by atoms with Crippen molar-refractivity contribution < 1.29 is 9.90 Å². The summed E-state index contributed by atoms with van der Waals surface area (Å²) in [5, 5.41) is 15.4. The maximum absolute atomic E-state index is 10.9. The second-order valence-electron chi connectivity index (χ2n) is 4.31. The van der Waals surface area contributed by atoms with E-state index in [1.807, 2.05) is 18.4 Å². The van der Waals surface area contributed by atoms with Crippen LogP contribution in [0.2, 0.25) is 0 Å². The van der Waals surface area contributed by atoms with Gasteiger partial charge < -0.3 is 10.4 Å². The molecule has 2 N–H and O–H groups in total. The molecule has 0 radical (unpaired) electrons. The quantitative estimate of drug-likeness (QED) is 0.873. The second-order valence-corrected chi connectivity index (χ2v) is 5.24. The smallest absolute Gasteiger partial charge is 0.335 e. The molecule has 0 bridgehead atoms. The van der Waals surface area contributed by atoms with Gasteiger partial charge in [-0.15, -0.1) is 11.3 Å². The predicted molar refractivity (Wildman–Crippen MR) is 76.9 cm³/mol. The normalized spacial score (nSPS) is 12.1. The second kappa shape index (κ2) is 5.84. The zero-order valence-electron chi connectivity index (χ0n) is 10.9. The lowest BCUT2D eigenvalue weighted by Crippen LogP contribution is -2.10. The van der Waals surface area contributed by atoms with E-state index in [2.05, 4.69) is 17.2 Å². The van der Waals surface area contributed by atoms with E-state index in [1.165, 1.54) is 0 Å². The van der Waals surface area contributed by atoms with E-state index in [9.17, 15) is 4.79 Å². The van der Waals surface area contributed by atoms with Crippen LogP contribution in [0.15, 0.2) is 29.8 Å². The van der Waals surface area contributed by atoms with Crippen molar-refractivity contribution in [2.75, 3.05) is 5.32 Å². The molecule has 0 aliphatic heterocycles. The summed E-state index contributed by atoms with van der Waals surface area (Å²) in [4.78, 5) is 15.2. The highest BCUT2D eigenvalue weighted by Gasteiger charge is 2.13. The number of rotatable bonds is 5. The lowest BCUT2D eigenvalue weighted by atomic mass is 10.1. The van der Waals surface area contributed by atoms with Gasteiger partial charge in [0.15, 0.2) is 0 Å². The number of hydrogen-bond acceptors (Lipinski definition) is 4. The third kappa shape index (κ3) is 3.12. The van der Waals surface area contributed by atoms with Crippen LogP contribution in [0.4, 0.5) is 5.69 Å². The van der Waals surface area contributed by atoms with Crippen molar-refractivity contribution in [1.82, 2.24) is 4.98 Å². The van der Waals surface area contributed by atoms with Crippen molar-refractivity contribution in [3.63, 3.8) is 0 Å². The van der Waals surface area contributed by atoms with Gasteiger partial charge in [-0.25, -0.2) is 9.78 Å². The van der Waals surface area contributed by atoms with Crippen molar-refractivity contribution in [3.8, 4) is 0 Å². The predicted octanol–water partition coefficient (Wildman–Crippen LogP) is 3.71. The lowest BCUT2D eigenvalue weighted by molar-refractivity contribution is 0.0697. The highest BCUT2D eigenvalue weighted by atomic mass is 32.1. The highest BCUT2D eigenvalue weighted by Crippen LogP contribution is 2.26. The number of aromatic carboxylic acids is 1. The minimum Gasteiger partial charge on any atom is -0.478 e. The Bertz CT molecular complexity index is 567. The summed E-state index contributed by atoms with van der Waals surface area (Å²) in [7, 11) is 0. The van der Waals surface area contributed by atoms with Crippen LogP contribution in [-0.2, 0) is 0 Å². The summed E-state index contributed by atoms with van der Waals surface area (Å²) in [6, 6.07) is 5.27. The summed E-state index contributed by atoms with van der Waals surface area (Å²) in [6.45, 7) is 4.00. The van der Waals surface area contributed by atoms with Gasteiger partial charge in [0.1, 0.15) is 5.01 Å². The summed E-state index contributed by atoms with van der Waals surface area (Å²) >= 11 is 1.62. The molecular weight excluding hydrogens is 260 g/mol. The Morgan fingerprint density at radius 1 is 1.53 bits per heavy atom. The Morgan fingerprint density at radius 3 is 2.84 bits per heavy atom. The summed E-state index contributed by atoms with van der Waals surface area (Å²) in [5.74, 6) is -0.901. The van der Waals surface area contributed by atoms with Crippen LogP contribution in [0.3, 0.4) is 0 Å².